The molecule has 4 rings (SSSR count). The Morgan fingerprint density at radius 1 is 1.17 bits per heavy atom. The van der Waals surface area contributed by atoms with Crippen molar-refractivity contribution in [3.63, 3.8) is 0 Å². The molecule has 9 heteroatoms. The molecule has 0 saturated heterocycles. The van der Waals surface area contributed by atoms with E-state index in [9.17, 15) is 18.0 Å². The van der Waals surface area contributed by atoms with Crippen molar-refractivity contribution < 1.29 is 22.7 Å². The molecule has 30 heavy (non-hydrogen) atoms. The third kappa shape index (κ3) is 4.16. The number of halogens is 3. The standard InChI is InChI=1S/C21H16F3N3O2S/c1-29-16-7-3-5-14(9-16)18-12-27-11-17(26-20(27)30-18)19(28)25-10-13-4-2-6-15(8-13)21(22,23)24/h2-9,11-12H,10H2,1H3,(H,25,28). The van der Waals surface area contributed by atoms with Crippen LogP contribution < -0.4 is 10.1 Å². The van der Waals surface area contributed by atoms with Crippen LogP contribution in [0.5, 0.6) is 5.75 Å². The number of nitrogens with zero attached hydrogens (tertiary/aromatic N) is 2. The Hall–Kier alpha value is -3.33. The Labute approximate surface area is 173 Å². The van der Waals surface area contributed by atoms with Crippen LogP contribution in [-0.2, 0) is 12.7 Å². The first-order valence-corrected chi connectivity index (χ1v) is 9.72. The lowest BCUT2D eigenvalue weighted by Gasteiger charge is -2.09. The molecule has 5 nitrogen and oxygen atoms in total. The summed E-state index contributed by atoms with van der Waals surface area (Å²) in [5.41, 5.74) is 0.784. The van der Waals surface area contributed by atoms with E-state index >= 15 is 0 Å². The number of fused-ring (bicyclic) bond motifs is 1. The van der Waals surface area contributed by atoms with Crippen LogP contribution >= 0.6 is 11.3 Å². The number of alkyl halides is 3. The Morgan fingerprint density at radius 3 is 2.70 bits per heavy atom. The maximum Gasteiger partial charge on any atom is 0.416 e. The Morgan fingerprint density at radius 2 is 1.97 bits per heavy atom. The predicted molar refractivity (Wildman–Crippen MR) is 108 cm³/mol. The normalized spacial score (nSPS) is 11.6. The Kier molecular flexibility index (Phi) is 5.21. The molecule has 4 aromatic rings. The number of methoxy groups -OCH3 is 1. The molecule has 0 bridgehead atoms. The molecule has 1 N–H and O–H groups in total. The van der Waals surface area contributed by atoms with Crippen LogP contribution in [0.25, 0.3) is 15.4 Å². The molecular formula is C21H16F3N3O2S. The number of imidazole rings is 1. The van der Waals surface area contributed by atoms with Crippen molar-refractivity contribution in [2.24, 2.45) is 0 Å². The molecule has 0 unspecified atom stereocenters. The summed E-state index contributed by atoms with van der Waals surface area (Å²) in [4.78, 5) is 18.3. The average Bonchev–Trinajstić information content (AvgIpc) is 3.31. The number of benzene rings is 2. The molecule has 0 fully saturated rings. The van der Waals surface area contributed by atoms with Gasteiger partial charge in [0.2, 0.25) is 0 Å². The molecule has 0 aliphatic heterocycles. The van der Waals surface area contributed by atoms with Crippen LogP contribution in [0.2, 0.25) is 0 Å². The van der Waals surface area contributed by atoms with Gasteiger partial charge in [-0.05, 0) is 35.4 Å². The third-order valence-electron chi connectivity index (χ3n) is 4.45. The molecule has 2 heterocycles. The fraction of sp³-hybridized carbons (Fsp3) is 0.143. The van der Waals surface area contributed by atoms with E-state index in [0.717, 1.165) is 28.3 Å². The molecule has 0 aliphatic carbocycles. The number of carbonyl (C=O) groups is 1. The second-order valence-electron chi connectivity index (χ2n) is 6.52. The SMILES string of the molecule is COc1cccc(-c2cn3cc(C(=O)NCc4cccc(C(F)(F)F)c4)nc3s2)c1. The molecule has 1 amide bonds. The van der Waals surface area contributed by atoms with Crippen molar-refractivity contribution in [1.29, 1.82) is 0 Å². The number of hydrogen-bond donors (Lipinski definition) is 1. The van der Waals surface area contributed by atoms with Crippen LogP contribution in [0.1, 0.15) is 21.6 Å². The monoisotopic (exact) mass is 431 g/mol. The Balaban J connectivity index is 1.47. The second-order valence-corrected chi connectivity index (χ2v) is 7.53. The highest BCUT2D eigenvalue weighted by Crippen LogP contribution is 2.31. The van der Waals surface area contributed by atoms with E-state index < -0.39 is 17.6 Å². The fourth-order valence-electron chi connectivity index (χ4n) is 2.95. The second kappa shape index (κ2) is 7.83. The predicted octanol–water partition coefficient (Wildman–Crippen LogP) is 5.02. The molecular weight excluding hydrogens is 415 g/mol. The Bertz CT molecular complexity index is 1180. The van der Waals surface area contributed by atoms with E-state index in [2.05, 4.69) is 10.3 Å². The van der Waals surface area contributed by atoms with Crippen molar-refractivity contribution in [2.75, 3.05) is 7.11 Å². The van der Waals surface area contributed by atoms with Gasteiger partial charge < -0.3 is 10.1 Å². The topological polar surface area (TPSA) is 55.6 Å². The number of rotatable bonds is 5. The van der Waals surface area contributed by atoms with E-state index in [-0.39, 0.29) is 12.2 Å². The summed E-state index contributed by atoms with van der Waals surface area (Å²) in [7, 11) is 1.60. The van der Waals surface area contributed by atoms with Gasteiger partial charge in [-0.3, -0.25) is 9.20 Å². The number of hydrogen-bond acceptors (Lipinski definition) is 4. The summed E-state index contributed by atoms with van der Waals surface area (Å²) in [5.74, 6) is 0.291. The van der Waals surface area contributed by atoms with E-state index in [4.69, 9.17) is 4.74 Å². The zero-order chi connectivity index (χ0) is 21.3. The minimum absolute atomic E-state index is 0.0248. The lowest BCUT2D eigenvalue weighted by atomic mass is 10.1. The fourth-order valence-corrected chi connectivity index (χ4v) is 3.91. The van der Waals surface area contributed by atoms with Crippen molar-refractivity contribution in [3.05, 3.63) is 77.7 Å². The first kappa shape index (κ1) is 20.0. The summed E-state index contributed by atoms with van der Waals surface area (Å²) in [6, 6.07) is 12.5. The van der Waals surface area contributed by atoms with Gasteiger partial charge in [-0.25, -0.2) is 4.98 Å². The number of carbonyl (C=O) groups excluding carboxylic acids is 1. The molecule has 0 radical (unpaired) electrons. The molecule has 154 valence electrons. The highest BCUT2D eigenvalue weighted by Gasteiger charge is 2.30. The minimum Gasteiger partial charge on any atom is -0.497 e. The van der Waals surface area contributed by atoms with Crippen molar-refractivity contribution >= 4 is 22.2 Å². The molecule has 2 aromatic heterocycles. The van der Waals surface area contributed by atoms with Gasteiger partial charge in [0.05, 0.1) is 17.6 Å². The highest BCUT2D eigenvalue weighted by atomic mass is 32.1. The van der Waals surface area contributed by atoms with Gasteiger partial charge in [-0.1, -0.05) is 35.6 Å². The summed E-state index contributed by atoms with van der Waals surface area (Å²) in [6.07, 6.45) is -0.961. The molecule has 2 aromatic carbocycles. The van der Waals surface area contributed by atoms with Crippen LogP contribution in [0.4, 0.5) is 13.2 Å². The van der Waals surface area contributed by atoms with Crippen molar-refractivity contribution in [3.8, 4) is 16.2 Å². The summed E-state index contributed by atoms with van der Waals surface area (Å²) < 4.78 is 45.4. The van der Waals surface area contributed by atoms with Crippen LogP contribution in [0.15, 0.2) is 60.9 Å². The largest absolute Gasteiger partial charge is 0.497 e. The van der Waals surface area contributed by atoms with E-state index in [1.807, 2.05) is 30.5 Å². The first-order valence-electron chi connectivity index (χ1n) is 8.91. The lowest BCUT2D eigenvalue weighted by molar-refractivity contribution is -0.137. The number of nitrogens with one attached hydrogen (secondary N) is 1. The molecule has 0 spiro atoms. The third-order valence-corrected chi connectivity index (χ3v) is 5.50. The number of ether oxygens (including phenoxy) is 1. The van der Waals surface area contributed by atoms with Crippen molar-refractivity contribution in [2.45, 2.75) is 12.7 Å². The van der Waals surface area contributed by atoms with Gasteiger partial charge in [0, 0.05) is 18.9 Å². The van der Waals surface area contributed by atoms with Gasteiger partial charge >= 0.3 is 6.18 Å². The van der Waals surface area contributed by atoms with Crippen LogP contribution in [-0.4, -0.2) is 22.4 Å². The van der Waals surface area contributed by atoms with E-state index in [0.29, 0.717) is 10.5 Å². The molecule has 0 aliphatic rings. The minimum atomic E-state index is -4.42. The van der Waals surface area contributed by atoms with Gasteiger partial charge in [-0.2, -0.15) is 13.2 Å². The number of amides is 1. The lowest BCUT2D eigenvalue weighted by Crippen LogP contribution is -2.23. The summed E-state index contributed by atoms with van der Waals surface area (Å²) >= 11 is 1.42. The average molecular weight is 431 g/mol. The smallest absolute Gasteiger partial charge is 0.416 e. The highest BCUT2D eigenvalue weighted by molar-refractivity contribution is 7.20. The summed E-state index contributed by atoms with van der Waals surface area (Å²) in [6.45, 7) is -0.0248. The van der Waals surface area contributed by atoms with E-state index in [1.54, 1.807) is 17.7 Å². The molecule has 0 saturated carbocycles. The zero-order valence-electron chi connectivity index (χ0n) is 15.7. The first-order chi connectivity index (χ1) is 14.3. The zero-order valence-corrected chi connectivity index (χ0v) is 16.6. The maximum atomic E-state index is 12.8. The van der Waals surface area contributed by atoms with Gasteiger partial charge in [0.15, 0.2) is 4.96 Å². The van der Waals surface area contributed by atoms with Crippen molar-refractivity contribution in [1.82, 2.24) is 14.7 Å². The van der Waals surface area contributed by atoms with Crippen LogP contribution in [0, 0.1) is 0 Å². The van der Waals surface area contributed by atoms with Gasteiger partial charge in [0.25, 0.3) is 5.91 Å². The van der Waals surface area contributed by atoms with Gasteiger partial charge in [-0.15, -0.1) is 0 Å². The molecule has 0 atom stereocenters. The van der Waals surface area contributed by atoms with E-state index in [1.165, 1.54) is 23.5 Å². The van der Waals surface area contributed by atoms with Gasteiger partial charge in [0.1, 0.15) is 11.4 Å². The number of thiazole rings is 1. The summed E-state index contributed by atoms with van der Waals surface area (Å²) in [5, 5.41) is 2.61. The van der Waals surface area contributed by atoms with Crippen LogP contribution in [0.3, 0.4) is 0 Å². The quantitative estimate of drug-likeness (QED) is 0.483. The number of aromatic nitrogens is 2. The maximum absolute atomic E-state index is 12.8.